The van der Waals surface area contributed by atoms with Gasteiger partial charge in [-0.3, -0.25) is 0 Å². The van der Waals surface area contributed by atoms with Gasteiger partial charge in [0.2, 0.25) is 0 Å². The van der Waals surface area contributed by atoms with E-state index in [2.05, 4.69) is 9.93 Å². The Kier molecular flexibility index (Phi) is 4.98. The number of hydrogen-bond donors (Lipinski definition) is 1. The molecule has 0 amide bonds. The van der Waals surface area contributed by atoms with E-state index in [0.29, 0.717) is 17.7 Å². The Balaban J connectivity index is 2.32. The number of benzene rings is 2. The zero-order valence-corrected chi connectivity index (χ0v) is 13.8. The molecule has 0 saturated carbocycles. The fourth-order valence-corrected chi connectivity index (χ4v) is 3.30. The zero-order chi connectivity index (χ0) is 16.2. The maximum atomic E-state index is 12.4. The van der Waals surface area contributed by atoms with Gasteiger partial charge in [-0.2, -0.15) is 18.4 Å². The average Bonchev–Trinajstić information content (AvgIpc) is 2.51. The highest BCUT2D eigenvalue weighted by Gasteiger charge is 2.16. The van der Waals surface area contributed by atoms with Crippen molar-refractivity contribution in [3.63, 3.8) is 0 Å². The molecule has 22 heavy (non-hydrogen) atoms. The third-order valence-corrected chi connectivity index (χ3v) is 4.73. The molecule has 0 radical (unpaired) electrons. The van der Waals surface area contributed by atoms with E-state index in [4.69, 9.17) is 0 Å². The molecule has 1 N–H and O–H groups in total. The monoisotopic (exact) mass is 316 g/mol. The Hall–Kier alpha value is -2.14. The van der Waals surface area contributed by atoms with E-state index in [9.17, 15) is 8.42 Å². The zero-order valence-electron chi connectivity index (χ0n) is 13.0. The highest BCUT2D eigenvalue weighted by molar-refractivity contribution is 7.89. The topological polar surface area (TPSA) is 58.5 Å². The molecule has 2 rings (SSSR count). The van der Waals surface area contributed by atoms with Gasteiger partial charge in [0, 0.05) is 0 Å². The molecule has 0 fully saturated rings. The minimum absolute atomic E-state index is 0.264. The molecule has 2 aromatic rings. The molecule has 0 bridgehead atoms. The third-order valence-electron chi connectivity index (χ3n) is 3.38. The first-order chi connectivity index (χ1) is 10.4. The van der Waals surface area contributed by atoms with Crippen molar-refractivity contribution in [1.82, 2.24) is 4.83 Å². The summed E-state index contributed by atoms with van der Waals surface area (Å²) in [5, 5.41) is 4.11. The molecule has 116 valence electrons. The van der Waals surface area contributed by atoms with Crippen molar-refractivity contribution in [3.05, 3.63) is 65.2 Å². The second-order valence-electron chi connectivity index (χ2n) is 5.14. The molecule has 2 aromatic carbocycles. The minimum atomic E-state index is -3.66. The fraction of sp³-hybridized carbons (Fsp3) is 0.235. The molecule has 0 atom stereocenters. The lowest BCUT2D eigenvalue weighted by molar-refractivity contribution is 0.583. The second-order valence-corrected chi connectivity index (χ2v) is 6.77. The van der Waals surface area contributed by atoms with E-state index in [-0.39, 0.29) is 4.90 Å². The predicted molar refractivity (Wildman–Crippen MR) is 89.5 cm³/mol. The SMILES string of the molecule is CC/C(=N\NS(=O)(=O)c1cc(C)ccc1C)c1ccccc1. The lowest BCUT2D eigenvalue weighted by Gasteiger charge is -2.09. The summed E-state index contributed by atoms with van der Waals surface area (Å²) in [5.41, 5.74) is 3.21. The molecule has 5 heteroatoms. The standard InChI is InChI=1S/C17H20N2O2S/c1-4-16(15-8-6-5-7-9-15)18-19-22(20,21)17-12-13(2)10-11-14(17)3/h5-12,19H,4H2,1-3H3/b18-16+. The third kappa shape index (κ3) is 3.74. The maximum absolute atomic E-state index is 12.4. The first-order valence-electron chi connectivity index (χ1n) is 7.15. The number of rotatable bonds is 5. The van der Waals surface area contributed by atoms with Crippen LogP contribution in [0.3, 0.4) is 0 Å². The predicted octanol–water partition coefficient (Wildman–Crippen LogP) is 3.40. The van der Waals surface area contributed by atoms with Gasteiger partial charge in [0.05, 0.1) is 10.6 Å². The number of aryl methyl sites for hydroxylation is 2. The molecule has 0 aliphatic carbocycles. The van der Waals surface area contributed by atoms with Gasteiger partial charge in [-0.05, 0) is 43.0 Å². The van der Waals surface area contributed by atoms with Crippen LogP contribution in [0.2, 0.25) is 0 Å². The van der Waals surface area contributed by atoms with Gasteiger partial charge >= 0.3 is 0 Å². The van der Waals surface area contributed by atoms with Crippen LogP contribution in [0.5, 0.6) is 0 Å². The summed E-state index contributed by atoms with van der Waals surface area (Å²) >= 11 is 0. The first-order valence-corrected chi connectivity index (χ1v) is 8.63. The molecular formula is C17H20N2O2S. The molecule has 0 heterocycles. The highest BCUT2D eigenvalue weighted by Crippen LogP contribution is 2.16. The molecule has 0 unspecified atom stereocenters. The van der Waals surface area contributed by atoms with Crippen LogP contribution in [-0.2, 0) is 10.0 Å². The van der Waals surface area contributed by atoms with Gasteiger partial charge in [0.1, 0.15) is 0 Å². The smallest absolute Gasteiger partial charge is 0.200 e. The largest absolute Gasteiger partial charge is 0.276 e. The molecule has 0 aromatic heterocycles. The maximum Gasteiger partial charge on any atom is 0.276 e. The summed E-state index contributed by atoms with van der Waals surface area (Å²) in [6.45, 7) is 5.58. The molecule has 4 nitrogen and oxygen atoms in total. The van der Waals surface area contributed by atoms with Gasteiger partial charge in [-0.25, -0.2) is 0 Å². The fourth-order valence-electron chi connectivity index (χ4n) is 2.14. The van der Waals surface area contributed by atoms with Crippen molar-refractivity contribution in [3.8, 4) is 0 Å². The van der Waals surface area contributed by atoms with Gasteiger partial charge in [-0.1, -0.05) is 49.4 Å². The van der Waals surface area contributed by atoms with Crippen LogP contribution in [0.25, 0.3) is 0 Å². The van der Waals surface area contributed by atoms with Crippen LogP contribution in [0.15, 0.2) is 58.5 Å². The number of hydrogen-bond acceptors (Lipinski definition) is 3. The molecule has 0 aliphatic heterocycles. The van der Waals surface area contributed by atoms with Crippen molar-refractivity contribution in [2.24, 2.45) is 5.10 Å². The number of sulfonamides is 1. The van der Waals surface area contributed by atoms with E-state index in [0.717, 1.165) is 11.1 Å². The van der Waals surface area contributed by atoms with Gasteiger partial charge < -0.3 is 0 Å². The summed E-state index contributed by atoms with van der Waals surface area (Å²) in [7, 11) is -3.66. The van der Waals surface area contributed by atoms with Crippen LogP contribution in [0.1, 0.15) is 30.0 Å². The van der Waals surface area contributed by atoms with E-state index < -0.39 is 10.0 Å². The molecule has 0 saturated heterocycles. The molecule has 0 spiro atoms. The van der Waals surface area contributed by atoms with E-state index in [1.54, 1.807) is 19.1 Å². The normalized spacial score (nSPS) is 12.2. The van der Waals surface area contributed by atoms with Crippen molar-refractivity contribution in [2.75, 3.05) is 0 Å². The number of nitrogens with zero attached hydrogens (tertiary/aromatic N) is 1. The second kappa shape index (κ2) is 6.75. The van der Waals surface area contributed by atoms with Gasteiger partial charge in [0.15, 0.2) is 0 Å². The summed E-state index contributed by atoms with van der Waals surface area (Å²) in [6.07, 6.45) is 0.638. The Morgan fingerprint density at radius 1 is 1.09 bits per heavy atom. The van der Waals surface area contributed by atoms with Crippen LogP contribution >= 0.6 is 0 Å². The van der Waals surface area contributed by atoms with E-state index in [1.165, 1.54) is 0 Å². The Bertz CT molecular complexity index is 782. The van der Waals surface area contributed by atoms with E-state index in [1.807, 2.05) is 50.2 Å². The van der Waals surface area contributed by atoms with Crippen LogP contribution in [0.4, 0.5) is 0 Å². The summed E-state index contributed by atoms with van der Waals surface area (Å²) in [5.74, 6) is 0. The lowest BCUT2D eigenvalue weighted by Crippen LogP contribution is -2.21. The summed E-state index contributed by atoms with van der Waals surface area (Å²) in [4.78, 5) is 2.62. The Labute approximate surface area is 131 Å². The van der Waals surface area contributed by atoms with Gasteiger partial charge in [0.25, 0.3) is 10.0 Å². The Morgan fingerprint density at radius 3 is 2.41 bits per heavy atom. The van der Waals surface area contributed by atoms with Crippen molar-refractivity contribution >= 4 is 15.7 Å². The van der Waals surface area contributed by atoms with Gasteiger partial charge in [-0.15, -0.1) is 0 Å². The molecule has 0 aliphatic rings. The molecular weight excluding hydrogens is 296 g/mol. The summed E-state index contributed by atoms with van der Waals surface area (Å²) < 4.78 is 24.9. The van der Waals surface area contributed by atoms with Crippen molar-refractivity contribution < 1.29 is 8.42 Å². The average molecular weight is 316 g/mol. The highest BCUT2D eigenvalue weighted by atomic mass is 32.2. The van der Waals surface area contributed by atoms with Crippen LogP contribution in [0, 0.1) is 13.8 Å². The van der Waals surface area contributed by atoms with Crippen LogP contribution < -0.4 is 4.83 Å². The van der Waals surface area contributed by atoms with E-state index >= 15 is 0 Å². The first kappa shape index (κ1) is 16.2. The minimum Gasteiger partial charge on any atom is -0.200 e. The van der Waals surface area contributed by atoms with Crippen LogP contribution in [-0.4, -0.2) is 14.1 Å². The quantitative estimate of drug-likeness (QED) is 0.679. The summed E-state index contributed by atoms with van der Waals surface area (Å²) in [6, 6.07) is 14.9. The van der Waals surface area contributed by atoms with Crippen molar-refractivity contribution in [1.29, 1.82) is 0 Å². The number of nitrogens with one attached hydrogen (secondary N) is 1. The van der Waals surface area contributed by atoms with Crippen molar-refractivity contribution in [2.45, 2.75) is 32.1 Å². The Morgan fingerprint density at radius 2 is 1.77 bits per heavy atom. The number of hydrazone groups is 1. The lowest BCUT2D eigenvalue weighted by atomic mass is 10.1.